The number of esters is 1. The van der Waals surface area contributed by atoms with Crippen LogP contribution in [-0.4, -0.2) is 22.6 Å². The third kappa shape index (κ3) is 3.15. The van der Waals surface area contributed by atoms with Crippen molar-refractivity contribution in [3.63, 3.8) is 0 Å². The lowest BCUT2D eigenvalue weighted by molar-refractivity contribution is -0.144. The van der Waals surface area contributed by atoms with Gasteiger partial charge in [0.05, 0.1) is 18.0 Å². The molecule has 0 saturated heterocycles. The van der Waals surface area contributed by atoms with E-state index >= 15 is 0 Å². The fourth-order valence-electron chi connectivity index (χ4n) is 2.83. The molecule has 25 heavy (non-hydrogen) atoms. The van der Waals surface area contributed by atoms with Crippen molar-refractivity contribution in [2.45, 2.75) is 19.4 Å². The van der Waals surface area contributed by atoms with E-state index in [9.17, 15) is 9.59 Å². The summed E-state index contributed by atoms with van der Waals surface area (Å²) in [5.41, 5.74) is 1.01. The number of hydrogen-bond acceptors (Lipinski definition) is 4. The highest BCUT2D eigenvalue weighted by Crippen LogP contribution is 2.25. The Hall–Kier alpha value is -2.66. The van der Waals surface area contributed by atoms with Crippen LogP contribution in [0.2, 0.25) is 5.02 Å². The van der Waals surface area contributed by atoms with Crippen LogP contribution >= 0.6 is 11.6 Å². The van der Waals surface area contributed by atoms with Crippen molar-refractivity contribution in [1.82, 2.24) is 9.55 Å². The van der Waals surface area contributed by atoms with E-state index in [1.54, 1.807) is 42.5 Å². The molecule has 0 aliphatic carbocycles. The zero-order valence-corrected chi connectivity index (χ0v) is 14.7. The summed E-state index contributed by atoms with van der Waals surface area (Å²) >= 11 is 5.96. The Bertz CT molecular complexity index is 980. The molecular weight excluding hydrogens is 340 g/mol. The van der Waals surface area contributed by atoms with Gasteiger partial charge < -0.3 is 4.74 Å². The Labute approximate surface area is 149 Å². The van der Waals surface area contributed by atoms with E-state index in [1.807, 2.05) is 13.0 Å². The lowest BCUT2D eigenvalue weighted by Gasteiger charge is -2.20. The molecule has 0 saturated carbocycles. The van der Waals surface area contributed by atoms with Gasteiger partial charge in [-0.05, 0) is 42.8 Å². The van der Waals surface area contributed by atoms with Gasteiger partial charge in [0.15, 0.2) is 0 Å². The molecule has 2 aromatic carbocycles. The number of carbonyl (C=O) groups excluding carboxylic acids is 1. The fourth-order valence-corrected chi connectivity index (χ4v) is 2.95. The monoisotopic (exact) mass is 356 g/mol. The molecule has 3 rings (SSSR count). The summed E-state index contributed by atoms with van der Waals surface area (Å²) in [4.78, 5) is 30.0. The molecule has 0 N–H and O–H groups in total. The molecule has 0 spiro atoms. The fraction of sp³-hybridized carbons (Fsp3) is 0.211. The minimum absolute atomic E-state index is 0.271. The molecule has 0 radical (unpaired) electrons. The number of benzene rings is 2. The number of nitrogens with zero attached hydrogens (tertiary/aromatic N) is 2. The average molecular weight is 357 g/mol. The van der Waals surface area contributed by atoms with Crippen molar-refractivity contribution < 1.29 is 9.53 Å². The third-order valence-corrected chi connectivity index (χ3v) is 4.33. The molecule has 0 aliphatic rings. The van der Waals surface area contributed by atoms with Gasteiger partial charge in [-0.1, -0.05) is 30.7 Å². The second-order valence-corrected chi connectivity index (χ2v) is 6.02. The second kappa shape index (κ2) is 7.07. The topological polar surface area (TPSA) is 61.2 Å². The molecule has 1 aromatic heterocycles. The molecule has 1 atom stereocenters. The Balaban J connectivity index is 2.37. The quantitative estimate of drug-likeness (QED) is 0.666. The zero-order chi connectivity index (χ0) is 18.0. The first-order valence-corrected chi connectivity index (χ1v) is 8.29. The lowest BCUT2D eigenvalue weighted by atomic mass is 10.1. The van der Waals surface area contributed by atoms with E-state index in [-0.39, 0.29) is 5.56 Å². The molecule has 1 unspecified atom stereocenters. The smallest absolute Gasteiger partial charge is 0.329 e. The van der Waals surface area contributed by atoms with Gasteiger partial charge in [-0.25, -0.2) is 9.78 Å². The van der Waals surface area contributed by atoms with Crippen molar-refractivity contribution in [1.29, 1.82) is 0 Å². The molecular formula is C19H17ClN2O3. The number of hydrogen-bond donors (Lipinski definition) is 0. The van der Waals surface area contributed by atoms with Crippen molar-refractivity contribution in [2.24, 2.45) is 0 Å². The van der Waals surface area contributed by atoms with E-state index in [0.29, 0.717) is 33.7 Å². The third-order valence-electron chi connectivity index (χ3n) is 4.08. The first-order chi connectivity index (χ1) is 12.1. The van der Waals surface area contributed by atoms with E-state index in [4.69, 9.17) is 16.3 Å². The van der Waals surface area contributed by atoms with E-state index in [0.717, 1.165) is 0 Å². The summed E-state index contributed by atoms with van der Waals surface area (Å²) in [7, 11) is 1.31. The van der Waals surface area contributed by atoms with Crippen LogP contribution < -0.4 is 5.56 Å². The normalized spacial score (nSPS) is 12.1. The molecule has 5 nitrogen and oxygen atoms in total. The van der Waals surface area contributed by atoms with Crippen LogP contribution in [0.25, 0.3) is 22.3 Å². The van der Waals surface area contributed by atoms with Crippen molar-refractivity contribution >= 4 is 28.5 Å². The number of methoxy groups -OCH3 is 1. The minimum atomic E-state index is -0.750. The van der Waals surface area contributed by atoms with Crippen molar-refractivity contribution in [3.8, 4) is 11.4 Å². The Morgan fingerprint density at radius 2 is 1.88 bits per heavy atom. The Morgan fingerprint density at radius 1 is 1.20 bits per heavy atom. The zero-order valence-electron chi connectivity index (χ0n) is 13.9. The van der Waals surface area contributed by atoms with Gasteiger partial charge in [0.25, 0.3) is 5.56 Å². The van der Waals surface area contributed by atoms with E-state index in [1.165, 1.54) is 11.7 Å². The van der Waals surface area contributed by atoms with Crippen LogP contribution in [-0.2, 0) is 9.53 Å². The van der Waals surface area contributed by atoms with Gasteiger partial charge in [0.1, 0.15) is 11.9 Å². The highest BCUT2D eigenvalue weighted by atomic mass is 35.5. The maximum atomic E-state index is 13.1. The molecule has 0 amide bonds. The lowest BCUT2D eigenvalue weighted by Crippen LogP contribution is -2.32. The molecule has 0 aliphatic heterocycles. The molecule has 1 heterocycles. The van der Waals surface area contributed by atoms with Crippen molar-refractivity contribution in [2.75, 3.05) is 7.11 Å². The average Bonchev–Trinajstić information content (AvgIpc) is 2.64. The molecule has 6 heteroatoms. The standard InChI is InChI=1S/C19H17ClN2O3/c1-3-16(19(24)25-2)22-17(12-8-10-13(20)11-9-12)21-15-7-5-4-6-14(15)18(22)23/h4-11,16H,3H2,1-2H3. The van der Waals surface area contributed by atoms with Crippen LogP contribution in [0.1, 0.15) is 19.4 Å². The van der Waals surface area contributed by atoms with Gasteiger partial charge in [0.2, 0.25) is 0 Å². The van der Waals surface area contributed by atoms with Crippen LogP contribution in [0.15, 0.2) is 53.3 Å². The maximum absolute atomic E-state index is 13.1. The number of halogens is 1. The summed E-state index contributed by atoms with van der Waals surface area (Å²) < 4.78 is 6.30. The first kappa shape index (κ1) is 17.2. The van der Waals surface area contributed by atoms with Crippen LogP contribution in [0, 0.1) is 0 Å². The van der Waals surface area contributed by atoms with Crippen LogP contribution in [0.5, 0.6) is 0 Å². The number of ether oxygens (including phenoxy) is 1. The van der Waals surface area contributed by atoms with Gasteiger partial charge in [-0.3, -0.25) is 9.36 Å². The van der Waals surface area contributed by atoms with E-state index < -0.39 is 12.0 Å². The highest BCUT2D eigenvalue weighted by molar-refractivity contribution is 6.30. The molecule has 3 aromatic rings. The van der Waals surface area contributed by atoms with Crippen molar-refractivity contribution in [3.05, 3.63) is 63.9 Å². The number of fused-ring (bicyclic) bond motifs is 1. The van der Waals surface area contributed by atoms with Crippen LogP contribution in [0.4, 0.5) is 0 Å². The summed E-state index contributed by atoms with van der Waals surface area (Å²) in [6.45, 7) is 1.83. The second-order valence-electron chi connectivity index (χ2n) is 5.58. The molecule has 0 bridgehead atoms. The van der Waals surface area contributed by atoms with E-state index in [2.05, 4.69) is 4.98 Å². The number of rotatable bonds is 4. The predicted octanol–water partition coefficient (Wildman–Crippen LogP) is 3.84. The summed E-state index contributed by atoms with van der Waals surface area (Å²) in [6.07, 6.45) is 0.410. The number of carbonyl (C=O) groups is 1. The predicted molar refractivity (Wildman–Crippen MR) is 97.8 cm³/mol. The minimum Gasteiger partial charge on any atom is -0.467 e. The summed E-state index contributed by atoms with van der Waals surface area (Å²) in [6, 6.07) is 13.3. The maximum Gasteiger partial charge on any atom is 0.329 e. The van der Waals surface area contributed by atoms with Gasteiger partial charge in [0, 0.05) is 10.6 Å². The summed E-state index contributed by atoms with van der Waals surface area (Å²) in [5, 5.41) is 1.04. The van der Waals surface area contributed by atoms with Gasteiger partial charge in [-0.2, -0.15) is 0 Å². The first-order valence-electron chi connectivity index (χ1n) is 7.91. The Morgan fingerprint density at radius 3 is 2.52 bits per heavy atom. The largest absolute Gasteiger partial charge is 0.467 e. The SMILES string of the molecule is CCC(C(=O)OC)n1c(-c2ccc(Cl)cc2)nc2ccccc2c1=O. The number of para-hydroxylation sites is 1. The van der Waals surface area contributed by atoms with Gasteiger partial charge in [-0.15, -0.1) is 0 Å². The highest BCUT2D eigenvalue weighted by Gasteiger charge is 2.25. The Kier molecular flexibility index (Phi) is 4.86. The number of aromatic nitrogens is 2. The molecule has 128 valence electrons. The van der Waals surface area contributed by atoms with Gasteiger partial charge >= 0.3 is 5.97 Å². The molecule has 0 fully saturated rings. The van der Waals surface area contributed by atoms with Crippen LogP contribution in [0.3, 0.4) is 0 Å². The summed E-state index contributed by atoms with van der Waals surface area (Å²) in [5.74, 6) is -0.0606.